The van der Waals surface area contributed by atoms with E-state index < -0.39 is 23.4 Å². The molecule has 0 aliphatic heterocycles. The van der Waals surface area contributed by atoms with Crippen LogP contribution < -0.4 is 5.32 Å². The molecule has 0 bridgehead atoms. The molecule has 2 unspecified atom stereocenters. The number of imidazole rings is 1. The van der Waals surface area contributed by atoms with Crippen molar-refractivity contribution in [2.75, 3.05) is 12.4 Å². The number of aromatic nitrogens is 2. The van der Waals surface area contributed by atoms with Crippen LogP contribution in [-0.2, 0) is 16.0 Å². The third kappa shape index (κ3) is 3.90. The predicted molar refractivity (Wildman–Crippen MR) is 118 cm³/mol. The van der Waals surface area contributed by atoms with E-state index in [1.54, 1.807) is 42.5 Å². The SMILES string of the molecule is COC(=O)Nc1nc2cc(C(=O)C3(Cc4ccccc4)C=CC=CC3C(=O)O)ccc2[nH]1. The van der Waals surface area contributed by atoms with Crippen LogP contribution in [0.25, 0.3) is 11.0 Å². The van der Waals surface area contributed by atoms with Crippen LogP contribution in [0.5, 0.6) is 0 Å². The van der Waals surface area contributed by atoms with Crippen molar-refractivity contribution < 1.29 is 24.2 Å². The number of carbonyl (C=O) groups is 3. The largest absolute Gasteiger partial charge is 0.481 e. The molecule has 0 radical (unpaired) electrons. The number of carboxylic acid groups (broad SMARTS) is 1. The zero-order chi connectivity index (χ0) is 22.7. The number of rotatable bonds is 6. The molecule has 1 aromatic heterocycles. The topological polar surface area (TPSA) is 121 Å². The van der Waals surface area contributed by atoms with Crippen molar-refractivity contribution >= 4 is 34.8 Å². The number of aromatic amines is 1. The second kappa shape index (κ2) is 8.50. The maximum absolute atomic E-state index is 13.8. The smallest absolute Gasteiger partial charge is 0.413 e. The van der Waals surface area contributed by atoms with Crippen LogP contribution in [0.3, 0.4) is 0 Å². The Labute approximate surface area is 183 Å². The van der Waals surface area contributed by atoms with Gasteiger partial charge in [0.15, 0.2) is 5.78 Å². The fourth-order valence-electron chi connectivity index (χ4n) is 4.00. The Hall–Kier alpha value is -4.20. The van der Waals surface area contributed by atoms with Crippen molar-refractivity contribution in [1.82, 2.24) is 9.97 Å². The van der Waals surface area contributed by atoms with Crippen molar-refractivity contribution in [1.29, 1.82) is 0 Å². The predicted octanol–water partition coefficient (Wildman–Crippen LogP) is 3.98. The molecule has 0 saturated heterocycles. The lowest BCUT2D eigenvalue weighted by molar-refractivity contribution is -0.142. The quantitative estimate of drug-likeness (QED) is 0.508. The first-order chi connectivity index (χ1) is 15.4. The number of ether oxygens (including phenoxy) is 1. The monoisotopic (exact) mass is 431 g/mol. The zero-order valence-corrected chi connectivity index (χ0v) is 17.2. The van der Waals surface area contributed by atoms with Gasteiger partial charge in [0.1, 0.15) is 0 Å². The van der Waals surface area contributed by atoms with E-state index >= 15 is 0 Å². The Morgan fingerprint density at radius 3 is 2.66 bits per heavy atom. The van der Waals surface area contributed by atoms with Gasteiger partial charge < -0.3 is 14.8 Å². The van der Waals surface area contributed by atoms with Crippen LogP contribution in [0.2, 0.25) is 0 Å². The molecule has 1 amide bonds. The Bertz CT molecular complexity index is 1250. The van der Waals surface area contributed by atoms with E-state index in [2.05, 4.69) is 20.0 Å². The van der Waals surface area contributed by atoms with E-state index in [0.29, 0.717) is 16.6 Å². The van der Waals surface area contributed by atoms with Gasteiger partial charge in [-0.3, -0.25) is 14.9 Å². The maximum Gasteiger partial charge on any atom is 0.413 e. The number of H-pyrrole nitrogens is 1. The molecule has 4 rings (SSSR count). The lowest BCUT2D eigenvalue weighted by Crippen LogP contribution is -2.43. The summed E-state index contributed by atoms with van der Waals surface area (Å²) < 4.78 is 4.56. The van der Waals surface area contributed by atoms with Crippen molar-refractivity contribution in [3.05, 3.63) is 84.0 Å². The first-order valence-electron chi connectivity index (χ1n) is 9.95. The zero-order valence-electron chi connectivity index (χ0n) is 17.2. The average molecular weight is 431 g/mol. The number of aliphatic carboxylic acids is 1. The van der Waals surface area contributed by atoms with Crippen LogP contribution in [0.1, 0.15) is 15.9 Å². The standard InChI is InChI=1S/C24H21N3O5/c1-32-23(31)27-22-25-18-11-10-16(13-19(18)26-22)20(28)24(14-15-7-3-2-4-8-15)12-6-5-9-17(24)21(29)30/h2-13,17H,14H2,1H3,(H,29,30)(H2,25,26,27,31). The molecule has 0 spiro atoms. The Balaban J connectivity index is 1.76. The van der Waals surface area contributed by atoms with E-state index in [0.717, 1.165) is 5.56 Å². The number of benzene rings is 2. The Kier molecular flexibility index (Phi) is 5.59. The van der Waals surface area contributed by atoms with Gasteiger partial charge in [0.2, 0.25) is 5.95 Å². The average Bonchev–Trinajstić information content (AvgIpc) is 3.20. The van der Waals surface area contributed by atoms with Gasteiger partial charge in [0, 0.05) is 5.56 Å². The molecule has 8 nitrogen and oxygen atoms in total. The minimum atomic E-state index is -1.29. The fraction of sp³-hybridized carbons (Fsp3) is 0.167. The van der Waals surface area contributed by atoms with Gasteiger partial charge in [0.05, 0.1) is 29.5 Å². The van der Waals surface area contributed by atoms with Gasteiger partial charge in [-0.15, -0.1) is 0 Å². The summed E-state index contributed by atoms with van der Waals surface area (Å²) in [7, 11) is 1.24. The lowest BCUT2D eigenvalue weighted by Gasteiger charge is -2.35. The molecule has 1 heterocycles. The summed E-state index contributed by atoms with van der Waals surface area (Å²) in [6.45, 7) is 0. The summed E-state index contributed by atoms with van der Waals surface area (Å²) in [5, 5.41) is 12.4. The summed E-state index contributed by atoms with van der Waals surface area (Å²) in [4.78, 5) is 44.6. The first kappa shape index (κ1) is 21.0. The van der Waals surface area contributed by atoms with Gasteiger partial charge in [0.25, 0.3) is 0 Å². The van der Waals surface area contributed by atoms with E-state index in [4.69, 9.17) is 0 Å². The molecule has 2 atom stereocenters. The van der Waals surface area contributed by atoms with E-state index in [1.807, 2.05) is 30.3 Å². The molecule has 2 aromatic carbocycles. The molecule has 0 saturated carbocycles. The highest BCUT2D eigenvalue weighted by molar-refractivity contribution is 6.06. The van der Waals surface area contributed by atoms with Gasteiger partial charge in [-0.25, -0.2) is 9.78 Å². The van der Waals surface area contributed by atoms with Crippen molar-refractivity contribution in [2.45, 2.75) is 6.42 Å². The number of allylic oxidation sites excluding steroid dienone is 3. The summed E-state index contributed by atoms with van der Waals surface area (Å²) in [5.74, 6) is -2.23. The normalized spacial score (nSPS) is 19.6. The minimum absolute atomic E-state index is 0.180. The van der Waals surface area contributed by atoms with E-state index in [-0.39, 0.29) is 18.2 Å². The van der Waals surface area contributed by atoms with E-state index in [9.17, 15) is 19.5 Å². The number of hydrogen-bond donors (Lipinski definition) is 3. The molecular weight excluding hydrogens is 410 g/mol. The number of nitrogens with one attached hydrogen (secondary N) is 2. The van der Waals surface area contributed by atoms with Gasteiger partial charge in [-0.1, -0.05) is 54.6 Å². The number of fused-ring (bicyclic) bond motifs is 1. The third-order valence-electron chi connectivity index (χ3n) is 5.54. The number of carboxylic acids is 1. The molecular formula is C24H21N3O5. The van der Waals surface area contributed by atoms with Crippen molar-refractivity contribution in [3.8, 4) is 0 Å². The summed E-state index contributed by atoms with van der Waals surface area (Å²) in [6, 6.07) is 14.2. The molecule has 0 fully saturated rings. The number of nitrogens with zero attached hydrogens (tertiary/aromatic N) is 1. The Morgan fingerprint density at radius 1 is 1.16 bits per heavy atom. The number of hydrogen-bond acceptors (Lipinski definition) is 5. The van der Waals surface area contributed by atoms with Crippen molar-refractivity contribution in [2.24, 2.45) is 11.3 Å². The van der Waals surface area contributed by atoms with Crippen LogP contribution in [0, 0.1) is 11.3 Å². The highest BCUT2D eigenvalue weighted by Crippen LogP contribution is 2.41. The summed E-state index contributed by atoms with van der Waals surface area (Å²) in [5.41, 5.74) is 0.963. The molecule has 162 valence electrons. The van der Waals surface area contributed by atoms with Gasteiger partial charge in [-0.2, -0.15) is 0 Å². The van der Waals surface area contributed by atoms with Crippen molar-refractivity contribution in [3.63, 3.8) is 0 Å². The number of amides is 1. The third-order valence-corrected chi connectivity index (χ3v) is 5.54. The molecule has 3 N–H and O–H groups in total. The summed E-state index contributed by atoms with van der Waals surface area (Å²) >= 11 is 0. The summed E-state index contributed by atoms with van der Waals surface area (Å²) in [6.07, 6.45) is 6.15. The van der Waals surface area contributed by atoms with Crippen LogP contribution in [-0.4, -0.2) is 40.0 Å². The fourth-order valence-corrected chi connectivity index (χ4v) is 4.00. The number of carbonyl (C=O) groups excluding carboxylic acids is 2. The Morgan fingerprint density at radius 2 is 1.94 bits per heavy atom. The van der Waals surface area contributed by atoms with E-state index in [1.165, 1.54) is 7.11 Å². The number of methoxy groups -OCH3 is 1. The molecule has 3 aromatic rings. The van der Waals surface area contributed by atoms with Gasteiger partial charge >= 0.3 is 12.1 Å². The van der Waals surface area contributed by atoms with Crippen LogP contribution in [0.15, 0.2) is 72.8 Å². The first-order valence-corrected chi connectivity index (χ1v) is 9.95. The number of ketones is 1. The highest BCUT2D eigenvalue weighted by atomic mass is 16.5. The van der Waals surface area contributed by atoms with Crippen LogP contribution >= 0.6 is 0 Å². The lowest BCUT2D eigenvalue weighted by atomic mass is 9.65. The molecule has 8 heteroatoms. The molecule has 32 heavy (non-hydrogen) atoms. The minimum Gasteiger partial charge on any atom is -0.481 e. The number of Topliss-reactive ketones (excluding diaryl/α,β-unsaturated/α-hetero) is 1. The number of anilines is 1. The van der Waals surface area contributed by atoms with Crippen LogP contribution in [0.4, 0.5) is 10.7 Å². The molecule has 1 aliphatic carbocycles. The second-order valence-electron chi connectivity index (χ2n) is 7.53. The van der Waals surface area contributed by atoms with Gasteiger partial charge in [-0.05, 0) is 30.2 Å². The second-order valence-corrected chi connectivity index (χ2v) is 7.53. The maximum atomic E-state index is 13.8. The molecule has 1 aliphatic rings. The highest BCUT2D eigenvalue weighted by Gasteiger charge is 2.47.